The fourth-order valence-electron chi connectivity index (χ4n) is 5.07. The first kappa shape index (κ1) is 23.7. The van der Waals surface area contributed by atoms with E-state index in [1.807, 2.05) is 84.9 Å². The average molecular weight is 543 g/mol. The molecule has 0 spiro atoms. The molecule has 0 unspecified atom stereocenters. The summed E-state index contributed by atoms with van der Waals surface area (Å²) in [4.78, 5) is 15.0. The first-order valence-electron chi connectivity index (χ1n) is 12.8. The SMILES string of the molecule is O=C1C(c2ccccc2)=CC(=C(c2cc3ccccc3s2)N2CN2c2ccc(Cl)cc2)C=C1c1ccccc1. The molecule has 39 heavy (non-hydrogen) atoms. The molecule has 1 saturated heterocycles. The molecule has 2 aliphatic rings. The van der Waals surface area contributed by atoms with Crippen LogP contribution in [0.4, 0.5) is 5.69 Å². The van der Waals surface area contributed by atoms with Gasteiger partial charge in [0.25, 0.3) is 0 Å². The molecule has 0 bridgehead atoms. The molecule has 0 atom stereocenters. The largest absolute Gasteiger partial charge is 0.289 e. The Kier molecular flexibility index (Phi) is 5.92. The molecule has 3 nitrogen and oxygen atoms in total. The number of Topliss-reactive ketones (excluding diaryl/α,β-unsaturated/α-hetero) is 1. The first-order valence-corrected chi connectivity index (χ1v) is 14.0. The van der Waals surface area contributed by atoms with Crippen LogP contribution in [-0.2, 0) is 4.79 Å². The highest BCUT2D eigenvalue weighted by molar-refractivity contribution is 7.20. The normalized spacial score (nSPS) is 14.9. The van der Waals surface area contributed by atoms with E-state index in [1.54, 1.807) is 11.3 Å². The molecule has 1 aliphatic heterocycles. The van der Waals surface area contributed by atoms with Gasteiger partial charge in [0.05, 0.1) is 16.3 Å². The van der Waals surface area contributed by atoms with Crippen molar-refractivity contribution in [2.75, 3.05) is 11.7 Å². The van der Waals surface area contributed by atoms with Gasteiger partial charge in [-0.05, 0) is 65.1 Å². The fraction of sp³-hybridized carbons (Fsp3) is 0.0294. The highest BCUT2D eigenvalue weighted by atomic mass is 35.5. The minimum Gasteiger partial charge on any atom is -0.289 e. The van der Waals surface area contributed by atoms with Crippen LogP contribution in [0.5, 0.6) is 0 Å². The van der Waals surface area contributed by atoms with Crippen LogP contribution in [0.25, 0.3) is 26.9 Å². The topological polar surface area (TPSA) is 23.1 Å². The van der Waals surface area contributed by atoms with E-state index in [9.17, 15) is 4.79 Å². The summed E-state index contributed by atoms with van der Waals surface area (Å²) in [5.41, 5.74) is 6.40. The van der Waals surface area contributed by atoms with Crippen LogP contribution in [0.15, 0.2) is 133 Å². The minimum absolute atomic E-state index is 0.0344. The second-order valence-corrected chi connectivity index (χ2v) is 11.1. The number of hydrogen-bond donors (Lipinski definition) is 0. The molecule has 2 heterocycles. The summed E-state index contributed by atoms with van der Waals surface area (Å²) >= 11 is 7.94. The van der Waals surface area contributed by atoms with Gasteiger partial charge < -0.3 is 0 Å². The molecule has 0 radical (unpaired) electrons. The minimum atomic E-state index is 0.0344. The highest BCUT2D eigenvalue weighted by Gasteiger charge is 2.37. The van der Waals surface area contributed by atoms with Crippen LogP contribution in [0, 0.1) is 0 Å². The molecule has 0 amide bonds. The van der Waals surface area contributed by atoms with Crippen LogP contribution in [0.2, 0.25) is 5.02 Å². The number of benzene rings is 4. The number of thiophene rings is 1. The number of rotatable bonds is 5. The number of fused-ring (bicyclic) bond motifs is 1. The van der Waals surface area contributed by atoms with E-state index in [2.05, 4.69) is 52.5 Å². The summed E-state index contributed by atoms with van der Waals surface area (Å²) in [6.45, 7) is 0.742. The lowest BCUT2D eigenvalue weighted by Crippen LogP contribution is -2.13. The third-order valence-electron chi connectivity index (χ3n) is 7.05. The Bertz CT molecular complexity index is 1710. The van der Waals surface area contributed by atoms with E-state index >= 15 is 0 Å². The third-order valence-corrected chi connectivity index (χ3v) is 8.42. The van der Waals surface area contributed by atoms with Gasteiger partial charge in [0, 0.05) is 26.4 Å². The molecular formula is C34H23ClN2OS. The Morgan fingerprint density at radius 1 is 0.718 bits per heavy atom. The summed E-state index contributed by atoms with van der Waals surface area (Å²) in [7, 11) is 0. The van der Waals surface area contributed by atoms with Gasteiger partial charge in [0.1, 0.15) is 6.67 Å². The summed E-state index contributed by atoms with van der Waals surface area (Å²) in [5.74, 6) is 0.0344. The van der Waals surface area contributed by atoms with E-state index in [0.29, 0.717) is 16.2 Å². The van der Waals surface area contributed by atoms with Crippen molar-refractivity contribution < 1.29 is 4.79 Å². The summed E-state index contributed by atoms with van der Waals surface area (Å²) < 4.78 is 1.23. The molecule has 188 valence electrons. The number of carbonyl (C=O) groups is 1. The van der Waals surface area contributed by atoms with Crippen molar-refractivity contribution in [2.24, 2.45) is 0 Å². The maximum absolute atomic E-state index is 13.9. The maximum atomic E-state index is 13.9. The molecule has 5 aromatic rings. The molecule has 5 heteroatoms. The molecule has 0 N–H and O–H groups in total. The molecule has 1 aromatic heterocycles. The zero-order valence-electron chi connectivity index (χ0n) is 20.9. The number of ketones is 1. The number of allylic oxidation sites excluding steroid dienone is 5. The van der Waals surface area contributed by atoms with Crippen LogP contribution < -0.4 is 5.01 Å². The molecular weight excluding hydrogens is 520 g/mol. The second-order valence-electron chi connectivity index (χ2n) is 9.55. The van der Waals surface area contributed by atoms with E-state index in [4.69, 9.17) is 11.6 Å². The molecule has 7 rings (SSSR count). The van der Waals surface area contributed by atoms with Gasteiger partial charge in [-0.2, -0.15) is 0 Å². The van der Waals surface area contributed by atoms with Crippen LogP contribution >= 0.6 is 22.9 Å². The van der Waals surface area contributed by atoms with Crippen molar-refractivity contribution in [1.29, 1.82) is 0 Å². The summed E-state index contributed by atoms with van der Waals surface area (Å²) in [6, 6.07) is 38.5. The van der Waals surface area contributed by atoms with Gasteiger partial charge in [0.15, 0.2) is 5.78 Å². The Hall–Kier alpha value is -4.38. The number of carbonyl (C=O) groups excluding carboxylic acids is 1. The summed E-state index contributed by atoms with van der Waals surface area (Å²) in [6.07, 6.45) is 4.12. The van der Waals surface area contributed by atoms with Gasteiger partial charge in [-0.1, -0.05) is 90.5 Å². The van der Waals surface area contributed by atoms with Crippen molar-refractivity contribution in [3.8, 4) is 0 Å². The first-order chi connectivity index (χ1) is 19.2. The van der Waals surface area contributed by atoms with Crippen LogP contribution in [0.1, 0.15) is 16.0 Å². The lowest BCUT2D eigenvalue weighted by molar-refractivity contribution is -0.108. The number of anilines is 1. The number of hydrogen-bond acceptors (Lipinski definition) is 4. The molecule has 1 aliphatic carbocycles. The van der Waals surface area contributed by atoms with E-state index in [0.717, 1.165) is 39.6 Å². The van der Waals surface area contributed by atoms with Crippen LogP contribution in [0.3, 0.4) is 0 Å². The van der Waals surface area contributed by atoms with Gasteiger partial charge in [-0.25, -0.2) is 0 Å². The van der Waals surface area contributed by atoms with E-state index < -0.39 is 0 Å². The van der Waals surface area contributed by atoms with Crippen LogP contribution in [-0.4, -0.2) is 17.5 Å². The Balaban J connectivity index is 1.45. The summed E-state index contributed by atoms with van der Waals surface area (Å²) in [5, 5.41) is 6.43. The van der Waals surface area contributed by atoms with E-state index in [1.165, 1.54) is 10.1 Å². The monoisotopic (exact) mass is 542 g/mol. The Morgan fingerprint density at radius 3 is 1.92 bits per heavy atom. The number of hydrazine groups is 1. The smallest absolute Gasteiger partial charge is 0.194 e. The standard InChI is InChI=1S/C34H23ClN2OS/c35-27-15-17-28(18-16-27)36-22-37(36)33(32-21-25-13-7-8-14-31(25)39-32)26-19-29(23-9-3-1-4-10-23)34(38)30(20-26)24-11-5-2-6-12-24/h1-21H,22H2. The van der Waals surface area contributed by atoms with E-state index in [-0.39, 0.29) is 5.78 Å². The Labute approximate surface area is 236 Å². The predicted molar refractivity (Wildman–Crippen MR) is 163 cm³/mol. The molecule has 0 saturated carbocycles. The van der Waals surface area contributed by atoms with Crippen molar-refractivity contribution in [3.05, 3.63) is 154 Å². The molecule has 1 fully saturated rings. The quantitative estimate of drug-likeness (QED) is 0.207. The number of halogens is 1. The number of nitrogens with zero attached hydrogens (tertiary/aromatic N) is 2. The van der Waals surface area contributed by atoms with Crippen molar-refractivity contribution >= 4 is 61.3 Å². The fourth-order valence-corrected chi connectivity index (χ4v) is 6.33. The second kappa shape index (κ2) is 9.73. The van der Waals surface area contributed by atoms with Gasteiger partial charge in [-0.15, -0.1) is 11.3 Å². The molecule has 4 aromatic carbocycles. The lowest BCUT2D eigenvalue weighted by Gasteiger charge is -2.20. The maximum Gasteiger partial charge on any atom is 0.194 e. The van der Waals surface area contributed by atoms with Crippen molar-refractivity contribution in [1.82, 2.24) is 5.01 Å². The average Bonchev–Trinajstić information content (AvgIpc) is 3.64. The van der Waals surface area contributed by atoms with Gasteiger partial charge in [-0.3, -0.25) is 14.8 Å². The lowest BCUT2D eigenvalue weighted by atomic mass is 9.85. The zero-order chi connectivity index (χ0) is 26.3. The zero-order valence-corrected chi connectivity index (χ0v) is 22.5. The van der Waals surface area contributed by atoms with Gasteiger partial charge in [0.2, 0.25) is 0 Å². The van der Waals surface area contributed by atoms with Crippen molar-refractivity contribution in [2.45, 2.75) is 0 Å². The van der Waals surface area contributed by atoms with Crippen molar-refractivity contribution in [3.63, 3.8) is 0 Å². The third kappa shape index (κ3) is 4.48. The predicted octanol–water partition coefficient (Wildman–Crippen LogP) is 8.71. The highest BCUT2D eigenvalue weighted by Crippen LogP contribution is 2.44. The van der Waals surface area contributed by atoms with Gasteiger partial charge >= 0.3 is 0 Å². The Morgan fingerprint density at radius 2 is 1.31 bits per heavy atom.